The lowest BCUT2D eigenvalue weighted by atomic mass is 9.68. The van der Waals surface area contributed by atoms with Crippen LogP contribution in [0.3, 0.4) is 0 Å². The number of allylic oxidation sites excluding steroid dienone is 2. The van der Waals surface area contributed by atoms with E-state index in [4.69, 9.17) is 9.57 Å². The molecule has 1 aliphatic carbocycles. The summed E-state index contributed by atoms with van der Waals surface area (Å²) in [4.78, 5) is 6.05. The molecule has 0 saturated carbocycles. The molecule has 0 amide bonds. The molecule has 0 radical (unpaired) electrons. The highest BCUT2D eigenvalue weighted by Gasteiger charge is 2.36. The van der Waals surface area contributed by atoms with Crippen molar-refractivity contribution in [1.82, 2.24) is 10.8 Å². The average Bonchev–Trinajstić information content (AvgIpc) is 3.13. The van der Waals surface area contributed by atoms with Crippen LogP contribution in [-0.4, -0.2) is 17.9 Å². The van der Waals surface area contributed by atoms with Gasteiger partial charge in [0, 0.05) is 29.1 Å². The topological polar surface area (TPSA) is 42.5 Å². The second kappa shape index (κ2) is 11.3. The molecule has 2 N–H and O–H groups in total. The molecule has 0 heterocycles. The molecular weight excluding hydrogens is 468 g/mol. The molecule has 208 valence electrons. The van der Waals surface area contributed by atoms with Gasteiger partial charge in [-0.15, -0.1) is 0 Å². The smallest absolute Gasteiger partial charge is 0.132 e. The first kappa shape index (κ1) is 30.0. The number of nitrogens with one attached hydrogen (secondary N) is 2. The van der Waals surface area contributed by atoms with E-state index in [1.807, 2.05) is 0 Å². The summed E-state index contributed by atoms with van der Waals surface area (Å²) < 4.78 is 6.25. The number of fused-ring (bicyclic) bond motifs is 3. The van der Waals surface area contributed by atoms with Gasteiger partial charge in [0.25, 0.3) is 0 Å². The summed E-state index contributed by atoms with van der Waals surface area (Å²) in [6.45, 7) is 28.4. The second-order valence-electron chi connectivity index (χ2n) is 13.4. The third-order valence-corrected chi connectivity index (χ3v) is 8.42. The minimum absolute atomic E-state index is 0.0658. The van der Waals surface area contributed by atoms with Crippen LogP contribution in [0.15, 0.2) is 73.1 Å². The third kappa shape index (κ3) is 7.09. The number of hydrogen-bond acceptors (Lipinski definition) is 4. The van der Waals surface area contributed by atoms with Gasteiger partial charge in [-0.1, -0.05) is 96.3 Å². The number of hydroxylamine groups is 1. The predicted octanol–water partition coefficient (Wildman–Crippen LogP) is 8.71. The van der Waals surface area contributed by atoms with Gasteiger partial charge in [-0.2, -0.15) is 0 Å². The molecule has 0 bridgehead atoms. The zero-order chi connectivity index (χ0) is 28.4. The third-order valence-electron chi connectivity index (χ3n) is 8.42. The fourth-order valence-corrected chi connectivity index (χ4v) is 4.80. The van der Waals surface area contributed by atoms with Crippen LogP contribution in [-0.2, 0) is 9.57 Å². The van der Waals surface area contributed by atoms with Gasteiger partial charge in [0.05, 0.1) is 12.2 Å². The molecule has 2 aromatic rings. The fraction of sp³-hybridized carbons (Fsp3) is 0.529. The van der Waals surface area contributed by atoms with Crippen molar-refractivity contribution in [1.29, 1.82) is 0 Å². The van der Waals surface area contributed by atoms with Crippen molar-refractivity contribution in [2.45, 2.75) is 98.8 Å². The molecule has 0 atom stereocenters. The largest absolute Gasteiger partial charge is 0.362 e. The summed E-state index contributed by atoms with van der Waals surface area (Å²) in [6.07, 6.45) is 2.62. The lowest BCUT2D eigenvalue weighted by molar-refractivity contribution is -0.112. The fourth-order valence-electron chi connectivity index (χ4n) is 4.80. The number of benzene rings is 2. The first-order valence-corrected chi connectivity index (χ1v) is 14.0. The van der Waals surface area contributed by atoms with E-state index >= 15 is 0 Å². The SMILES string of the molecule is C=C(CCC1c2ccccc2-c2ccccc21)NC(C)(C)OCCC(C)(C)ONC(=C)C(C)(C)C(C)(C)C. The molecule has 38 heavy (non-hydrogen) atoms. The molecule has 4 nitrogen and oxygen atoms in total. The van der Waals surface area contributed by atoms with Crippen LogP contribution in [0, 0.1) is 10.8 Å². The van der Waals surface area contributed by atoms with Crippen molar-refractivity contribution in [2.75, 3.05) is 6.61 Å². The minimum atomic E-state index is -0.524. The number of rotatable bonds is 13. The van der Waals surface area contributed by atoms with E-state index in [1.54, 1.807) is 0 Å². The Hall–Kier alpha value is -2.56. The maximum Gasteiger partial charge on any atom is 0.132 e. The maximum absolute atomic E-state index is 6.25. The Balaban J connectivity index is 1.47. The van der Waals surface area contributed by atoms with E-state index in [9.17, 15) is 0 Å². The predicted molar refractivity (Wildman–Crippen MR) is 161 cm³/mol. The zero-order valence-electron chi connectivity index (χ0n) is 25.3. The summed E-state index contributed by atoms with van der Waals surface area (Å²) in [5.74, 6) is 0.397. The van der Waals surface area contributed by atoms with Crippen LogP contribution in [0.25, 0.3) is 11.1 Å². The Bertz CT molecular complexity index is 1090. The van der Waals surface area contributed by atoms with Gasteiger partial charge in [0.15, 0.2) is 0 Å². The highest BCUT2D eigenvalue weighted by molar-refractivity contribution is 5.78. The van der Waals surface area contributed by atoms with Gasteiger partial charge in [-0.3, -0.25) is 10.3 Å². The van der Waals surface area contributed by atoms with E-state index in [1.165, 1.54) is 22.3 Å². The number of ether oxygens (including phenoxy) is 1. The molecule has 0 spiro atoms. The molecule has 1 aliphatic rings. The van der Waals surface area contributed by atoms with Crippen LogP contribution in [0.4, 0.5) is 0 Å². The maximum atomic E-state index is 6.25. The minimum Gasteiger partial charge on any atom is -0.362 e. The molecule has 0 fully saturated rings. The lowest BCUT2D eigenvalue weighted by Crippen LogP contribution is -2.43. The average molecular weight is 519 g/mol. The van der Waals surface area contributed by atoms with Gasteiger partial charge in [0.1, 0.15) is 5.72 Å². The van der Waals surface area contributed by atoms with Gasteiger partial charge < -0.3 is 10.1 Å². The standard InChI is InChI=1S/C34H50N2O2/c1-24(20-21-30-28-18-14-12-16-26(28)27-17-13-15-19-29(27)30)35-34(10,11)37-23-22-32(6,7)38-36-25(2)33(8,9)31(3,4)5/h12-19,30,35-36H,1-2,20-23H2,3-11H3. The quantitative estimate of drug-likeness (QED) is 0.205. The monoisotopic (exact) mass is 518 g/mol. The van der Waals surface area contributed by atoms with E-state index in [2.05, 4.69) is 135 Å². The summed E-state index contributed by atoms with van der Waals surface area (Å²) >= 11 is 0. The van der Waals surface area contributed by atoms with Crippen LogP contribution in [0.2, 0.25) is 0 Å². The molecule has 2 aromatic carbocycles. The Morgan fingerprint density at radius 3 is 1.87 bits per heavy atom. The Morgan fingerprint density at radius 1 is 0.816 bits per heavy atom. The lowest BCUT2D eigenvalue weighted by Gasteiger charge is -2.41. The summed E-state index contributed by atoms with van der Waals surface area (Å²) in [6, 6.07) is 17.5. The van der Waals surface area contributed by atoms with Crippen molar-refractivity contribution < 1.29 is 9.57 Å². The van der Waals surface area contributed by atoms with Crippen LogP contribution in [0.1, 0.15) is 98.6 Å². The van der Waals surface area contributed by atoms with Crippen LogP contribution < -0.4 is 10.8 Å². The van der Waals surface area contributed by atoms with E-state index in [-0.39, 0.29) is 10.8 Å². The molecule has 0 unspecified atom stereocenters. The second-order valence-corrected chi connectivity index (χ2v) is 13.4. The van der Waals surface area contributed by atoms with Crippen molar-refractivity contribution in [3.8, 4) is 11.1 Å². The zero-order valence-corrected chi connectivity index (χ0v) is 25.3. The van der Waals surface area contributed by atoms with E-state index in [0.29, 0.717) is 12.5 Å². The first-order chi connectivity index (χ1) is 17.5. The molecule has 4 heteroatoms. The van der Waals surface area contributed by atoms with E-state index in [0.717, 1.165) is 30.7 Å². The van der Waals surface area contributed by atoms with Gasteiger partial charge in [0.2, 0.25) is 0 Å². The van der Waals surface area contributed by atoms with Gasteiger partial charge >= 0.3 is 0 Å². The van der Waals surface area contributed by atoms with Crippen LogP contribution >= 0.6 is 0 Å². The Labute approximate surface area is 231 Å². The number of hydrogen-bond donors (Lipinski definition) is 2. The van der Waals surface area contributed by atoms with E-state index < -0.39 is 11.3 Å². The molecule has 0 aliphatic heterocycles. The molecule has 0 saturated heterocycles. The van der Waals surface area contributed by atoms with Crippen molar-refractivity contribution >= 4 is 0 Å². The first-order valence-electron chi connectivity index (χ1n) is 14.0. The molecule has 0 aromatic heterocycles. The highest BCUT2D eigenvalue weighted by atomic mass is 16.7. The van der Waals surface area contributed by atoms with Crippen molar-refractivity contribution in [3.63, 3.8) is 0 Å². The van der Waals surface area contributed by atoms with Crippen LogP contribution in [0.5, 0.6) is 0 Å². The highest BCUT2D eigenvalue weighted by Crippen LogP contribution is 2.47. The normalized spacial score (nSPS) is 14.1. The summed E-state index contributed by atoms with van der Waals surface area (Å²) in [5.41, 5.74) is 9.58. The summed E-state index contributed by atoms with van der Waals surface area (Å²) in [7, 11) is 0. The Morgan fingerprint density at radius 2 is 1.34 bits per heavy atom. The molecule has 3 rings (SSSR count). The van der Waals surface area contributed by atoms with Crippen molar-refractivity contribution in [2.24, 2.45) is 10.8 Å². The summed E-state index contributed by atoms with van der Waals surface area (Å²) in [5, 5.41) is 3.51. The molecular formula is C34H50N2O2. The van der Waals surface area contributed by atoms with Gasteiger partial charge in [-0.25, -0.2) is 0 Å². The Kier molecular flexibility index (Phi) is 8.90. The van der Waals surface area contributed by atoms with Crippen molar-refractivity contribution in [3.05, 3.63) is 84.2 Å². The van der Waals surface area contributed by atoms with Gasteiger partial charge in [-0.05, 0) is 68.2 Å².